The van der Waals surface area contributed by atoms with E-state index < -0.39 is 0 Å². The van der Waals surface area contributed by atoms with Gasteiger partial charge in [-0.05, 0) is 91.4 Å². The second kappa shape index (κ2) is 12.9. The molecule has 13 heteroatoms. The topological polar surface area (TPSA) is 168 Å². The minimum absolute atomic E-state index is 0.323. The number of halogens is 1. The van der Waals surface area contributed by atoms with Gasteiger partial charge in [-0.3, -0.25) is 9.80 Å². The molecule has 1 aromatic carbocycles. The number of nitrogens with zero attached hydrogens (tertiary/aromatic N) is 10. The van der Waals surface area contributed by atoms with Crippen molar-refractivity contribution in [3.05, 3.63) is 78.9 Å². The molecule has 3 N–H and O–H groups in total. The summed E-state index contributed by atoms with van der Waals surface area (Å²) < 4.78 is 0. The molecule has 0 unspecified atom stereocenters. The number of hydrogen-bond donors (Lipinski definition) is 2. The molecule has 0 atom stereocenters. The van der Waals surface area contributed by atoms with Gasteiger partial charge in [-0.25, -0.2) is 15.8 Å². The average Bonchev–Trinajstić information content (AvgIpc) is 2.99. The van der Waals surface area contributed by atoms with Gasteiger partial charge in [0.1, 0.15) is 12.1 Å². The van der Waals surface area contributed by atoms with Crippen LogP contribution in [0.2, 0.25) is 5.02 Å². The second-order valence-corrected chi connectivity index (χ2v) is 11.5. The molecular weight excluding hydrogens is 528 g/mol. The first-order valence-corrected chi connectivity index (χ1v) is 14.2. The van der Waals surface area contributed by atoms with E-state index in [2.05, 4.69) is 57.4 Å². The highest BCUT2D eigenvalue weighted by Crippen LogP contribution is 2.44. The molecule has 5 rings (SSSR count). The van der Waals surface area contributed by atoms with Crippen LogP contribution in [0.4, 0.5) is 5.82 Å². The molecule has 210 valence electrons. The van der Waals surface area contributed by atoms with Gasteiger partial charge >= 0.3 is 0 Å². The third kappa shape index (κ3) is 6.33. The number of nitrogens with two attached hydrogens (primary N) is 1. The van der Waals surface area contributed by atoms with Crippen molar-refractivity contribution in [3.8, 4) is 0 Å². The van der Waals surface area contributed by atoms with Crippen LogP contribution in [-0.4, -0.2) is 65.1 Å². The van der Waals surface area contributed by atoms with Crippen molar-refractivity contribution in [3.63, 3.8) is 0 Å². The number of rotatable bonds is 9. The summed E-state index contributed by atoms with van der Waals surface area (Å²) in [6, 6.07) is 8.55. The molecule has 1 saturated heterocycles. The molecule has 3 heterocycles. The van der Waals surface area contributed by atoms with E-state index in [4.69, 9.17) is 28.5 Å². The minimum atomic E-state index is -0.359. The lowest BCUT2D eigenvalue weighted by Crippen LogP contribution is -2.47. The van der Waals surface area contributed by atoms with Gasteiger partial charge in [-0.15, -0.1) is 0 Å². The molecule has 1 aromatic heterocycles. The Hall–Kier alpha value is -3.37. The Kier molecular flexibility index (Phi) is 9.06. The zero-order chi connectivity index (χ0) is 28.0. The fraction of sp³-hybridized carbons (Fsp3) is 0.556. The SMILES string of the molecule is [N-]=[N+]=NCC1(CN=[N+]=[N-])CCC(c2ccc(Cl)cc2)=C(CN2CCC(N3CCc4c(ncnc4NN)C3)CC2)C1. The highest BCUT2D eigenvalue weighted by Gasteiger charge is 2.36. The highest BCUT2D eigenvalue weighted by atomic mass is 35.5. The molecule has 0 radical (unpaired) electrons. The molecular formula is C27H35ClN12. The Morgan fingerprint density at radius 2 is 1.77 bits per heavy atom. The van der Waals surface area contributed by atoms with Crippen LogP contribution in [0.25, 0.3) is 26.5 Å². The van der Waals surface area contributed by atoms with Gasteiger partial charge in [0.25, 0.3) is 0 Å². The molecule has 0 bridgehead atoms. The van der Waals surface area contributed by atoms with Crippen LogP contribution in [0.3, 0.4) is 0 Å². The predicted octanol–water partition coefficient (Wildman–Crippen LogP) is 5.48. The van der Waals surface area contributed by atoms with Crippen molar-refractivity contribution in [2.45, 2.75) is 51.1 Å². The maximum Gasteiger partial charge on any atom is 0.146 e. The van der Waals surface area contributed by atoms with Crippen LogP contribution in [0, 0.1) is 5.41 Å². The van der Waals surface area contributed by atoms with Gasteiger partial charge in [0, 0.05) is 59.2 Å². The summed E-state index contributed by atoms with van der Waals surface area (Å²) in [5, 5.41) is 8.55. The second-order valence-electron chi connectivity index (χ2n) is 11.1. The summed E-state index contributed by atoms with van der Waals surface area (Å²) in [5.41, 5.74) is 26.4. The third-order valence-corrected chi connectivity index (χ3v) is 8.97. The maximum atomic E-state index is 9.03. The van der Waals surface area contributed by atoms with Gasteiger partial charge in [0.05, 0.1) is 5.69 Å². The van der Waals surface area contributed by atoms with Crippen molar-refractivity contribution >= 4 is 23.0 Å². The number of hydrogen-bond acceptors (Lipinski definition) is 8. The first-order chi connectivity index (χ1) is 19.5. The van der Waals surface area contributed by atoms with Crippen LogP contribution in [0.5, 0.6) is 0 Å². The monoisotopic (exact) mass is 562 g/mol. The van der Waals surface area contributed by atoms with Crippen LogP contribution >= 0.6 is 11.6 Å². The van der Waals surface area contributed by atoms with E-state index in [0.717, 1.165) is 88.3 Å². The van der Waals surface area contributed by atoms with E-state index in [1.54, 1.807) is 6.33 Å². The average molecular weight is 563 g/mol. The Morgan fingerprint density at radius 3 is 2.45 bits per heavy atom. The summed E-state index contributed by atoms with van der Waals surface area (Å²) >= 11 is 6.19. The largest absolute Gasteiger partial charge is 0.308 e. The number of hydrazine groups is 1. The summed E-state index contributed by atoms with van der Waals surface area (Å²) in [6.07, 6.45) is 7.04. The third-order valence-electron chi connectivity index (χ3n) is 8.71. The van der Waals surface area contributed by atoms with Crippen molar-refractivity contribution < 1.29 is 0 Å². The number of fused-ring (bicyclic) bond motifs is 1. The number of likely N-dealkylation sites (tertiary alicyclic amines) is 1. The van der Waals surface area contributed by atoms with Crippen LogP contribution in [-0.2, 0) is 13.0 Å². The lowest BCUT2D eigenvalue weighted by Gasteiger charge is -2.42. The summed E-state index contributed by atoms with van der Waals surface area (Å²) in [7, 11) is 0. The van der Waals surface area contributed by atoms with Crippen molar-refractivity contribution in [1.29, 1.82) is 0 Å². The van der Waals surface area contributed by atoms with E-state index in [9.17, 15) is 0 Å². The fourth-order valence-corrected chi connectivity index (χ4v) is 6.70. The molecule has 12 nitrogen and oxygen atoms in total. The first kappa shape index (κ1) is 28.2. The van der Waals surface area contributed by atoms with Gasteiger partial charge in [-0.2, -0.15) is 0 Å². The highest BCUT2D eigenvalue weighted by molar-refractivity contribution is 6.30. The predicted molar refractivity (Wildman–Crippen MR) is 156 cm³/mol. The maximum absolute atomic E-state index is 9.03. The van der Waals surface area contributed by atoms with Crippen molar-refractivity contribution in [1.82, 2.24) is 19.8 Å². The smallest absolute Gasteiger partial charge is 0.146 e. The number of allylic oxidation sites excluding steroid dienone is 1. The van der Waals surface area contributed by atoms with E-state index >= 15 is 0 Å². The number of anilines is 1. The van der Waals surface area contributed by atoms with E-state index in [1.165, 1.54) is 16.7 Å². The number of azide groups is 2. The Balaban J connectivity index is 1.30. The molecule has 2 aromatic rings. The van der Waals surface area contributed by atoms with E-state index in [0.29, 0.717) is 24.2 Å². The molecule has 1 fully saturated rings. The standard InChI is InChI=1S/C27H35ClN12/c28-21-3-1-19(2-4-21)23-5-9-27(16-34-37-30,17-35-38-31)13-20(23)14-39-10-6-22(7-11-39)40-12-8-24-25(15-40)32-18-33-26(24)36-29/h1-4,18,22H,5-17,29H2,(H,32,33,36). The molecule has 0 spiro atoms. The number of aromatic nitrogens is 2. The van der Waals surface area contributed by atoms with E-state index in [1.807, 2.05) is 12.1 Å². The summed E-state index contributed by atoms with van der Waals surface area (Å²) in [5.74, 6) is 6.38. The molecule has 0 amide bonds. The van der Waals surface area contributed by atoms with Crippen molar-refractivity contribution in [2.75, 3.05) is 44.7 Å². The Bertz CT molecular complexity index is 1300. The van der Waals surface area contributed by atoms with Crippen LogP contribution < -0.4 is 11.3 Å². The minimum Gasteiger partial charge on any atom is -0.308 e. The van der Waals surface area contributed by atoms with Gasteiger partial charge in [-0.1, -0.05) is 39.5 Å². The molecule has 2 aliphatic heterocycles. The Labute approximate surface area is 238 Å². The number of nitrogen functional groups attached to an aromatic ring is 1. The normalized spacial score (nSPS) is 22.2. The van der Waals surface area contributed by atoms with Gasteiger partial charge in [0.2, 0.25) is 0 Å². The zero-order valence-electron chi connectivity index (χ0n) is 22.6. The van der Waals surface area contributed by atoms with Crippen molar-refractivity contribution in [2.24, 2.45) is 21.5 Å². The van der Waals surface area contributed by atoms with Crippen LogP contribution in [0.15, 0.2) is 46.4 Å². The molecule has 0 saturated carbocycles. The van der Waals surface area contributed by atoms with Crippen LogP contribution in [0.1, 0.15) is 48.9 Å². The quantitative estimate of drug-likeness (QED) is 0.135. The lowest BCUT2D eigenvalue weighted by atomic mass is 9.70. The zero-order valence-corrected chi connectivity index (χ0v) is 23.3. The summed E-state index contributed by atoms with van der Waals surface area (Å²) in [4.78, 5) is 19.9. The fourth-order valence-electron chi connectivity index (χ4n) is 6.57. The van der Waals surface area contributed by atoms with E-state index in [-0.39, 0.29) is 5.41 Å². The first-order valence-electron chi connectivity index (χ1n) is 13.8. The van der Waals surface area contributed by atoms with Gasteiger partial charge < -0.3 is 5.43 Å². The number of piperidine rings is 1. The summed E-state index contributed by atoms with van der Waals surface area (Å²) in [6.45, 7) is 5.31. The van der Waals surface area contributed by atoms with Gasteiger partial charge in [0.15, 0.2) is 0 Å². The number of benzene rings is 1. The Morgan fingerprint density at radius 1 is 1.05 bits per heavy atom. The molecule has 3 aliphatic rings. The number of nitrogens with one attached hydrogen (secondary N) is 1. The lowest BCUT2D eigenvalue weighted by molar-refractivity contribution is 0.0994. The molecule has 40 heavy (non-hydrogen) atoms. The molecule has 1 aliphatic carbocycles.